The number of fused-ring (bicyclic) bond motifs is 2. The molecule has 0 aromatic heterocycles. The molecule has 5 aromatic carbocycles. The highest BCUT2D eigenvalue weighted by atomic mass is 16.2. The number of nitrogens with zero attached hydrogens (tertiary/aromatic N) is 2. The lowest BCUT2D eigenvalue weighted by Gasteiger charge is -2.30. The summed E-state index contributed by atoms with van der Waals surface area (Å²) in [6.07, 6.45) is 18.2. The number of hydrogen-bond acceptors (Lipinski definition) is 4. The van der Waals surface area contributed by atoms with Crippen LogP contribution in [0.2, 0.25) is 0 Å². The first-order valence-electron chi connectivity index (χ1n) is 21.1. The molecule has 0 saturated carbocycles. The predicted molar refractivity (Wildman–Crippen MR) is 222 cm³/mol. The number of carbonyl (C=O) groups is 4. The molecule has 0 saturated heterocycles. The van der Waals surface area contributed by atoms with Crippen LogP contribution in [0.15, 0.2) is 36.4 Å². The fraction of sp³-hybridized carbons (Fsp3) is 0.500. The van der Waals surface area contributed by atoms with E-state index in [1.54, 1.807) is 14.1 Å². The summed E-state index contributed by atoms with van der Waals surface area (Å²) in [5, 5.41) is 7.53. The Morgan fingerprint density at radius 1 is 0.444 bits per heavy atom. The fourth-order valence-corrected chi connectivity index (χ4v) is 9.90. The molecule has 2 heterocycles. The number of unbranched alkanes of at least 4 members (excludes halogenated alkanes) is 4. The molecule has 0 bridgehead atoms. The normalized spacial score (nSPS) is 15.6. The van der Waals surface area contributed by atoms with Crippen LogP contribution >= 0.6 is 0 Å². The number of rotatable bonds is 18. The Balaban J connectivity index is 1.46. The van der Waals surface area contributed by atoms with Gasteiger partial charge < -0.3 is 0 Å². The van der Waals surface area contributed by atoms with Crippen molar-refractivity contribution in [2.75, 3.05) is 14.1 Å². The summed E-state index contributed by atoms with van der Waals surface area (Å²) in [4.78, 5) is 57.9. The molecule has 2 unspecified atom stereocenters. The van der Waals surface area contributed by atoms with Crippen LogP contribution in [0.3, 0.4) is 0 Å². The second kappa shape index (κ2) is 15.8. The molecular weight excluding hydrogens is 669 g/mol. The van der Waals surface area contributed by atoms with Gasteiger partial charge in [-0.1, -0.05) is 117 Å². The van der Waals surface area contributed by atoms with Crippen molar-refractivity contribution in [3.8, 4) is 0 Å². The van der Waals surface area contributed by atoms with E-state index in [-0.39, 0.29) is 23.6 Å². The molecule has 2 aliphatic rings. The van der Waals surface area contributed by atoms with Crippen LogP contribution in [0.25, 0.3) is 43.1 Å². The van der Waals surface area contributed by atoms with E-state index in [0.29, 0.717) is 34.1 Å². The van der Waals surface area contributed by atoms with E-state index >= 15 is 0 Å². The highest BCUT2D eigenvalue weighted by Gasteiger charge is 2.36. The van der Waals surface area contributed by atoms with Crippen LogP contribution in [-0.2, 0) is 12.8 Å². The summed E-state index contributed by atoms with van der Waals surface area (Å²) in [5.41, 5.74) is 4.51. The molecule has 0 spiro atoms. The topological polar surface area (TPSA) is 74.8 Å². The Bertz CT molecular complexity index is 2110. The first-order chi connectivity index (χ1) is 26.2. The van der Waals surface area contributed by atoms with Crippen molar-refractivity contribution in [2.45, 2.75) is 130 Å². The van der Waals surface area contributed by atoms with Gasteiger partial charge in [-0.3, -0.25) is 29.0 Å². The Morgan fingerprint density at radius 2 is 0.815 bits per heavy atom. The third kappa shape index (κ3) is 6.37. The van der Waals surface area contributed by atoms with Gasteiger partial charge in [-0.2, -0.15) is 0 Å². The van der Waals surface area contributed by atoms with Crippen molar-refractivity contribution in [3.05, 3.63) is 69.8 Å². The average Bonchev–Trinajstić information content (AvgIpc) is 3.18. The van der Waals surface area contributed by atoms with Crippen LogP contribution in [0.4, 0.5) is 0 Å². The third-order valence-electron chi connectivity index (χ3n) is 13.1. The van der Waals surface area contributed by atoms with Crippen molar-refractivity contribution in [2.24, 2.45) is 11.8 Å². The molecule has 54 heavy (non-hydrogen) atoms. The first-order valence-corrected chi connectivity index (χ1v) is 21.1. The average molecular weight is 727 g/mol. The third-order valence-corrected chi connectivity index (χ3v) is 13.1. The van der Waals surface area contributed by atoms with Gasteiger partial charge >= 0.3 is 0 Å². The van der Waals surface area contributed by atoms with E-state index in [2.05, 4.69) is 52.0 Å². The van der Waals surface area contributed by atoms with Gasteiger partial charge in [-0.15, -0.1) is 0 Å². The van der Waals surface area contributed by atoms with Crippen molar-refractivity contribution < 1.29 is 19.2 Å². The number of carbonyl (C=O) groups excluding carboxylic acids is 4. The summed E-state index contributed by atoms with van der Waals surface area (Å²) < 4.78 is 0. The second-order valence-electron chi connectivity index (χ2n) is 16.4. The zero-order valence-corrected chi connectivity index (χ0v) is 33.5. The van der Waals surface area contributed by atoms with Crippen LogP contribution in [0.1, 0.15) is 170 Å². The molecule has 2 atom stereocenters. The van der Waals surface area contributed by atoms with Gasteiger partial charge in [0.25, 0.3) is 23.6 Å². The summed E-state index contributed by atoms with van der Waals surface area (Å²) >= 11 is 0. The number of aryl methyl sites for hydroxylation is 2. The van der Waals surface area contributed by atoms with Crippen molar-refractivity contribution in [3.63, 3.8) is 0 Å². The SMILES string of the molecule is CCCCCC(CC)CCCc1cc2c3c(ccc4c5c(CCCC(CC)CCCCC)cc6c7c(ccc(c1c34)c75)C(=O)N(C)C6=O)C(=O)N(C)C2=O. The molecule has 6 heteroatoms. The maximum Gasteiger partial charge on any atom is 0.261 e. The predicted octanol–water partition coefficient (Wildman–Crippen LogP) is 12.0. The molecule has 284 valence electrons. The van der Waals surface area contributed by atoms with Gasteiger partial charge in [-0.05, 0) is 105 Å². The Hall–Kier alpha value is -4.32. The standard InChI is InChI=1S/C48H58N2O4/c1-7-11-13-17-29(9-3)19-15-21-31-27-37-41-35(45(51)49(5)47(37)53)26-24-34-40-32(22-16-20-30(10-4)18-14-12-8-2)28-38-42-36(46(52)50(6)48(38)54)25-23-33(44(40)42)39(31)43(34)41/h23-30H,7-22H2,1-6H3. The summed E-state index contributed by atoms with van der Waals surface area (Å²) in [5.74, 6) is 0.267. The molecule has 6 nitrogen and oxygen atoms in total. The Labute approximate surface area is 321 Å². The van der Waals surface area contributed by atoms with Gasteiger partial charge in [0.1, 0.15) is 0 Å². The first kappa shape index (κ1) is 38.0. The van der Waals surface area contributed by atoms with Crippen LogP contribution in [0.5, 0.6) is 0 Å². The van der Waals surface area contributed by atoms with Crippen molar-refractivity contribution in [1.82, 2.24) is 9.80 Å². The molecule has 0 aliphatic carbocycles. The lowest BCUT2D eigenvalue weighted by molar-refractivity contribution is 0.0635. The molecule has 5 aromatic rings. The lowest BCUT2D eigenvalue weighted by atomic mass is 9.78. The zero-order chi connectivity index (χ0) is 38.3. The smallest absolute Gasteiger partial charge is 0.261 e. The summed E-state index contributed by atoms with van der Waals surface area (Å²) in [6.45, 7) is 9.09. The van der Waals surface area contributed by atoms with E-state index in [0.717, 1.165) is 106 Å². The quantitative estimate of drug-likeness (QED) is 0.0390. The van der Waals surface area contributed by atoms with Gasteiger partial charge in [0.05, 0.1) is 0 Å². The van der Waals surface area contributed by atoms with Crippen molar-refractivity contribution in [1.29, 1.82) is 0 Å². The molecular formula is C48H58N2O4. The van der Waals surface area contributed by atoms with E-state index in [9.17, 15) is 19.2 Å². The molecule has 0 fully saturated rings. The number of hydrogen-bond donors (Lipinski definition) is 0. The fourth-order valence-electron chi connectivity index (χ4n) is 9.90. The zero-order valence-electron chi connectivity index (χ0n) is 33.5. The van der Waals surface area contributed by atoms with E-state index in [1.165, 1.54) is 61.2 Å². The minimum atomic E-state index is -0.278. The summed E-state index contributed by atoms with van der Waals surface area (Å²) in [6, 6.07) is 12.1. The molecule has 7 rings (SSSR count). The van der Waals surface area contributed by atoms with Gasteiger partial charge in [-0.25, -0.2) is 0 Å². The van der Waals surface area contributed by atoms with Gasteiger partial charge in [0, 0.05) is 47.1 Å². The van der Waals surface area contributed by atoms with Crippen molar-refractivity contribution >= 4 is 66.7 Å². The van der Waals surface area contributed by atoms with Gasteiger partial charge in [0.2, 0.25) is 0 Å². The second-order valence-corrected chi connectivity index (χ2v) is 16.4. The highest BCUT2D eigenvalue weighted by molar-refractivity contribution is 6.42. The lowest BCUT2D eigenvalue weighted by Crippen LogP contribution is -2.37. The Morgan fingerprint density at radius 3 is 1.19 bits per heavy atom. The monoisotopic (exact) mass is 726 g/mol. The summed E-state index contributed by atoms with van der Waals surface area (Å²) in [7, 11) is 3.17. The minimum absolute atomic E-state index is 0.257. The van der Waals surface area contributed by atoms with E-state index in [4.69, 9.17) is 0 Å². The molecule has 2 aliphatic heterocycles. The maximum atomic E-state index is 14.0. The number of amides is 4. The maximum absolute atomic E-state index is 14.0. The van der Waals surface area contributed by atoms with Crippen LogP contribution in [-0.4, -0.2) is 47.5 Å². The molecule has 0 radical (unpaired) electrons. The number of benzene rings is 5. The van der Waals surface area contributed by atoms with Gasteiger partial charge in [0.15, 0.2) is 0 Å². The Kier molecular flexibility index (Phi) is 11.1. The van der Waals surface area contributed by atoms with Crippen LogP contribution in [0, 0.1) is 11.8 Å². The largest absolute Gasteiger partial charge is 0.277 e. The highest BCUT2D eigenvalue weighted by Crippen LogP contribution is 2.49. The molecule has 4 amide bonds. The van der Waals surface area contributed by atoms with Crippen LogP contribution < -0.4 is 0 Å². The molecule has 0 N–H and O–H groups in total. The van der Waals surface area contributed by atoms with E-state index in [1.807, 2.05) is 12.1 Å². The number of imide groups is 2. The van der Waals surface area contributed by atoms with E-state index < -0.39 is 0 Å². The minimum Gasteiger partial charge on any atom is -0.277 e.